The van der Waals surface area contributed by atoms with Crippen LogP contribution < -0.4 is 15.8 Å². The topological polar surface area (TPSA) is 77.2 Å². The molecule has 1 heterocycles. The molecule has 3 rings (SSSR count). The minimum absolute atomic E-state index is 0. The van der Waals surface area contributed by atoms with E-state index < -0.39 is 0 Å². The number of carbonyl (C=O) groups excluding carboxylic acids is 1. The van der Waals surface area contributed by atoms with Crippen LogP contribution in [0.15, 0.2) is 48.7 Å². The average molecular weight is 426 g/mol. The second kappa shape index (κ2) is 11.9. The summed E-state index contributed by atoms with van der Waals surface area (Å²) in [6.07, 6.45) is 7.99. The van der Waals surface area contributed by atoms with Gasteiger partial charge < -0.3 is 15.8 Å². The molecule has 1 aliphatic rings. The Morgan fingerprint density at radius 1 is 1.07 bits per heavy atom. The van der Waals surface area contributed by atoms with Crippen molar-refractivity contribution in [2.45, 2.75) is 45.1 Å². The molecule has 0 saturated heterocycles. The molecular formula is C21H29Cl2N3O2. The fourth-order valence-corrected chi connectivity index (χ4v) is 3.54. The maximum absolute atomic E-state index is 12.3. The number of nitrogens with one attached hydrogen (secondary N) is 1. The SMILES string of the molecule is Cl.Cl.NCC1(CC(=O)NCc2ccc(Oc3ccccc3)nc2)CCCCC1. The number of carbonyl (C=O) groups is 1. The van der Waals surface area contributed by atoms with Gasteiger partial charge in [-0.15, -0.1) is 24.8 Å². The van der Waals surface area contributed by atoms with E-state index in [2.05, 4.69) is 10.3 Å². The van der Waals surface area contributed by atoms with Crippen LogP contribution in [0.2, 0.25) is 0 Å². The Kier molecular flexibility index (Phi) is 10.3. The van der Waals surface area contributed by atoms with E-state index in [1.54, 1.807) is 6.20 Å². The van der Waals surface area contributed by atoms with Crippen molar-refractivity contribution in [3.63, 3.8) is 0 Å². The number of rotatable bonds is 7. The molecule has 28 heavy (non-hydrogen) atoms. The van der Waals surface area contributed by atoms with E-state index in [4.69, 9.17) is 10.5 Å². The first-order valence-corrected chi connectivity index (χ1v) is 9.34. The Labute approximate surface area is 179 Å². The Balaban J connectivity index is 0.00000196. The highest BCUT2D eigenvalue weighted by molar-refractivity contribution is 5.85. The molecule has 3 N–H and O–H groups in total. The van der Waals surface area contributed by atoms with Crippen LogP contribution in [-0.2, 0) is 11.3 Å². The monoisotopic (exact) mass is 425 g/mol. The predicted octanol–water partition coefficient (Wildman–Crippen LogP) is 4.63. The van der Waals surface area contributed by atoms with Gasteiger partial charge in [-0.2, -0.15) is 0 Å². The fourth-order valence-electron chi connectivity index (χ4n) is 3.54. The number of para-hydroxylation sites is 1. The molecule has 0 atom stereocenters. The van der Waals surface area contributed by atoms with Gasteiger partial charge in [0.25, 0.3) is 0 Å². The molecule has 0 aliphatic heterocycles. The number of hydrogen-bond acceptors (Lipinski definition) is 4. The highest BCUT2D eigenvalue weighted by Crippen LogP contribution is 2.38. The van der Waals surface area contributed by atoms with Crippen molar-refractivity contribution < 1.29 is 9.53 Å². The molecule has 0 unspecified atom stereocenters. The number of nitrogens with two attached hydrogens (primary N) is 1. The van der Waals surface area contributed by atoms with Crippen molar-refractivity contribution in [2.75, 3.05) is 6.54 Å². The standard InChI is InChI=1S/C21H27N3O2.2ClH/c22-16-21(11-5-2-6-12-21)13-19(25)23-14-17-9-10-20(24-15-17)26-18-7-3-1-4-8-18;;/h1,3-4,7-10,15H,2,5-6,11-14,16,22H2,(H,23,25);2*1H. The second-order valence-corrected chi connectivity index (χ2v) is 7.14. The zero-order valence-electron chi connectivity index (χ0n) is 15.9. The lowest BCUT2D eigenvalue weighted by atomic mass is 9.71. The van der Waals surface area contributed by atoms with E-state index >= 15 is 0 Å². The Bertz CT molecular complexity index is 705. The zero-order chi connectivity index (χ0) is 18.2. The van der Waals surface area contributed by atoms with Crippen LogP contribution in [0.5, 0.6) is 11.6 Å². The summed E-state index contributed by atoms with van der Waals surface area (Å²) in [5.74, 6) is 1.36. The molecule has 0 radical (unpaired) electrons. The molecule has 5 nitrogen and oxygen atoms in total. The van der Waals surface area contributed by atoms with Gasteiger partial charge in [-0.3, -0.25) is 4.79 Å². The van der Waals surface area contributed by atoms with Crippen LogP contribution >= 0.6 is 24.8 Å². The summed E-state index contributed by atoms with van der Waals surface area (Å²) in [4.78, 5) is 16.6. The van der Waals surface area contributed by atoms with Crippen molar-refractivity contribution in [3.8, 4) is 11.6 Å². The highest BCUT2D eigenvalue weighted by atomic mass is 35.5. The van der Waals surface area contributed by atoms with Gasteiger partial charge in [0.2, 0.25) is 11.8 Å². The van der Waals surface area contributed by atoms with Gasteiger partial charge in [-0.1, -0.05) is 43.5 Å². The van der Waals surface area contributed by atoms with Crippen LogP contribution in [0.3, 0.4) is 0 Å². The van der Waals surface area contributed by atoms with E-state index in [1.807, 2.05) is 42.5 Å². The molecule has 2 aromatic rings. The van der Waals surface area contributed by atoms with Crippen LogP contribution in [0.25, 0.3) is 0 Å². The maximum atomic E-state index is 12.3. The summed E-state index contributed by atoms with van der Waals surface area (Å²) in [6.45, 7) is 1.06. The number of ether oxygens (including phenoxy) is 1. The van der Waals surface area contributed by atoms with Crippen LogP contribution in [0.1, 0.15) is 44.1 Å². The van der Waals surface area contributed by atoms with Gasteiger partial charge in [-0.05, 0) is 42.5 Å². The van der Waals surface area contributed by atoms with Gasteiger partial charge in [0.1, 0.15) is 5.75 Å². The van der Waals surface area contributed by atoms with E-state index in [9.17, 15) is 4.79 Å². The Morgan fingerprint density at radius 2 is 1.79 bits per heavy atom. The van der Waals surface area contributed by atoms with Gasteiger partial charge in [0, 0.05) is 25.2 Å². The van der Waals surface area contributed by atoms with E-state index in [0.717, 1.165) is 24.2 Å². The molecular weight excluding hydrogens is 397 g/mol. The third-order valence-electron chi connectivity index (χ3n) is 5.14. The molecule has 1 saturated carbocycles. The fraction of sp³-hybridized carbons (Fsp3) is 0.429. The lowest BCUT2D eigenvalue weighted by Crippen LogP contribution is -2.38. The predicted molar refractivity (Wildman–Crippen MR) is 116 cm³/mol. The number of amides is 1. The van der Waals surface area contributed by atoms with Crippen LogP contribution in [-0.4, -0.2) is 17.4 Å². The quantitative estimate of drug-likeness (QED) is 0.677. The highest BCUT2D eigenvalue weighted by Gasteiger charge is 2.32. The summed E-state index contributed by atoms with van der Waals surface area (Å²) < 4.78 is 5.67. The zero-order valence-corrected chi connectivity index (χ0v) is 17.6. The lowest BCUT2D eigenvalue weighted by Gasteiger charge is -2.35. The minimum Gasteiger partial charge on any atom is -0.439 e. The number of nitrogens with zero attached hydrogens (tertiary/aromatic N) is 1. The second-order valence-electron chi connectivity index (χ2n) is 7.14. The van der Waals surface area contributed by atoms with Gasteiger partial charge in [-0.25, -0.2) is 4.98 Å². The molecule has 7 heteroatoms. The van der Waals surface area contributed by atoms with E-state index in [1.165, 1.54) is 19.3 Å². The average Bonchev–Trinajstić information content (AvgIpc) is 2.69. The third-order valence-corrected chi connectivity index (χ3v) is 5.14. The number of hydrogen-bond donors (Lipinski definition) is 2. The van der Waals surface area contributed by atoms with Crippen LogP contribution in [0, 0.1) is 5.41 Å². The molecule has 1 amide bonds. The largest absolute Gasteiger partial charge is 0.439 e. The summed E-state index contributed by atoms with van der Waals surface area (Å²) in [5, 5.41) is 3.00. The molecule has 154 valence electrons. The van der Waals surface area contributed by atoms with Crippen LogP contribution in [0.4, 0.5) is 0 Å². The van der Waals surface area contributed by atoms with Crippen molar-refractivity contribution in [3.05, 3.63) is 54.2 Å². The first-order valence-electron chi connectivity index (χ1n) is 9.34. The third kappa shape index (κ3) is 6.97. The van der Waals surface area contributed by atoms with Gasteiger partial charge in [0.05, 0.1) is 0 Å². The molecule has 0 bridgehead atoms. The van der Waals surface area contributed by atoms with E-state index in [-0.39, 0.29) is 36.1 Å². The molecule has 1 fully saturated rings. The first-order chi connectivity index (χ1) is 12.7. The van der Waals surface area contributed by atoms with Crippen molar-refractivity contribution in [1.82, 2.24) is 10.3 Å². The summed E-state index contributed by atoms with van der Waals surface area (Å²) in [7, 11) is 0. The van der Waals surface area contributed by atoms with E-state index in [0.29, 0.717) is 25.4 Å². The Morgan fingerprint density at radius 3 is 2.39 bits per heavy atom. The number of pyridine rings is 1. The van der Waals surface area contributed by atoms with Gasteiger partial charge >= 0.3 is 0 Å². The normalized spacial score (nSPS) is 14.9. The lowest BCUT2D eigenvalue weighted by molar-refractivity contribution is -0.124. The number of benzene rings is 1. The smallest absolute Gasteiger partial charge is 0.220 e. The number of aromatic nitrogens is 1. The van der Waals surface area contributed by atoms with Crippen molar-refractivity contribution in [2.24, 2.45) is 11.1 Å². The molecule has 0 spiro atoms. The number of halogens is 2. The Hall–Kier alpha value is -1.82. The summed E-state index contributed by atoms with van der Waals surface area (Å²) in [5.41, 5.74) is 6.91. The first kappa shape index (κ1) is 24.2. The van der Waals surface area contributed by atoms with Crippen molar-refractivity contribution in [1.29, 1.82) is 0 Å². The molecule has 1 aromatic carbocycles. The molecule has 1 aliphatic carbocycles. The summed E-state index contributed by atoms with van der Waals surface area (Å²) in [6, 6.07) is 13.3. The van der Waals surface area contributed by atoms with Crippen molar-refractivity contribution >= 4 is 30.7 Å². The summed E-state index contributed by atoms with van der Waals surface area (Å²) >= 11 is 0. The maximum Gasteiger partial charge on any atom is 0.220 e. The minimum atomic E-state index is -0.00599. The molecule has 1 aromatic heterocycles. The van der Waals surface area contributed by atoms with Gasteiger partial charge in [0.15, 0.2) is 0 Å².